The number of thioether (sulfide) groups is 1. The van der Waals surface area contributed by atoms with Gasteiger partial charge in [-0.05, 0) is 36.8 Å². The highest BCUT2D eigenvalue weighted by Gasteiger charge is 2.19. The van der Waals surface area contributed by atoms with E-state index in [0.29, 0.717) is 18.1 Å². The molecule has 3 aromatic rings. The third-order valence-electron chi connectivity index (χ3n) is 4.98. The topological polar surface area (TPSA) is 118 Å². The Bertz CT molecular complexity index is 1150. The molecule has 0 aliphatic heterocycles. The molecule has 2 N–H and O–H groups in total. The van der Waals surface area contributed by atoms with E-state index in [2.05, 4.69) is 15.3 Å². The Balaban J connectivity index is 1.30. The maximum Gasteiger partial charge on any atom is 0.269 e. The Labute approximate surface area is 180 Å². The number of H-pyrrole nitrogens is 1. The quantitative estimate of drug-likeness (QED) is 0.426. The average Bonchev–Trinajstić information content (AvgIpc) is 3.11. The number of aromatic amines is 1. The number of nitrogens with one attached hydrogen (secondary N) is 2. The number of non-ortho nitro benzene ring substituents is 1. The predicted octanol–water partition coefficient (Wildman–Crippen LogP) is 3.32. The van der Waals surface area contributed by atoms with Crippen molar-refractivity contribution in [3.05, 3.63) is 66.6 Å². The number of amides is 1. The Morgan fingerprint density at radius 2 is 2.03 bits per heavy atom. The van der Waals surface area contributed by atoms with Gasteiger partial charge in [-0.25, -0.2) is 4.98 Å². The van der Waals surface area contributed by atoms with Crippen LogP contribution in [0.25, 0.3) is 10.2 Å². The summed E-state index contributed by atoms with van der Waals surface area (Å²) >= 11 is 2.99. The van der Waals surface area contributed by atoms with E-state index in [1.807, 2.05) is 0 Å². The molecule has 4 rings (SSSR count). The van der Waals surface area contributed by atoms with Crippen molar-refractivity contribution in [1.82, 2.24) is 15.3 Å². The fraction of sp³-hybridized carbons (Fsp3) is 0.350. The molecule has 2 aromatic heterocycles. The number of aromatic nitrogens is 2. The van der Waals surface area contributed by atoms with E-state index in [9.17, 15) is 19.7 Å². The lowest BCUT2D eigenvalue weighted by molar-refractivity contribution is -0.384. The zero-order valence-electron chi connectivity index (χ0n) is 16.1. The van der Waals surface area contributed by atoms with Crippen molar-refractivity contribution in [3.63, 3.8) is 0 Å². The molecule has 30 heavy (non-hydrogen) atoms. The Hall–Kier alpha value is -2.72. The van der Waals surface area contributed by atoms with E-state index in [4.69, 9.17) is 0 Å². The monoisotopic (exact) mass is 444 g/mol. The summed E-state index contributed by atoms with van der Waals surface area (Å²) < 4.78 is 0. The number of rotatable bonds is 7. The van der Waals surface area contributed by atoms with Gasteiger partial charge >= 0.3 is 0 Å². The minimum absolute atomic E-state index is 0.0192. The van der Waals surface area contributed by atoms with Crippen molar-refractivity contribution >= 4 is 44.9 Å². The molecule has 0 radical (unpaired) electrons. The van der Waals surface area contributed by atoms with E-state index in [-0.39, 0.29) is 22.9 Å². The summed E-state index contributed by atoms with van der Waals surface area (Å²) in [5.41, 5.74) is 1.89. The molecule has 10 heteroatoms. The van der Waals surface area contributed by atoms with Gasteiger partial charge in [0.05, 0.1) is 21.8 Å². The number of fused-ring (bicyclic) bond motifs is 3. The lowest BCUT2D eigenvalue weighted by Gasteiger charge is -2.09. The lowest BCUT2D eigenvalue weighted by atomic mass is 9.97. The van der Waals surface area contributed by atoms with Crippen LogP contribution >= 0.6 is 23.1 Å². The zero-order chi connectivity index (χ0) is 21.1. The highest BCUT2D eigenvalue weighted by molar-refractivity contribution is 7.99. The van der Waals surface area contributed by atoms with Crippen molar-refractivity contribution in [2.24, 2.45) is 0 Å². The lowest BCUT2D eigenvalue weighted by Crippen LogP contribution is -2.24. The van der Waals surface area contributed by atoms with Gasteiger partial charge in [0.15, 0.2) is 0 Å². The van der Waals surface area contributed by atoms with Crippen LogP contribution in [0.2, 0.25) is 0 Å². The van der Waals surface area contributed by atoms with Gasteiger partial charge in [-0.1, -0.05) is 12.1 Å². The number of carbonyl (C=O) groups excluding carboxylic acids is 1. The van der Waals surface area contributed by atoms with Gasteiger partial charge in [0.1, 0.15) is 10.7 Å². The smallest absolute Gasteiger partial charge is 0.269 e. The third-order valence-corrected chi connectivity index (χ3v) is 7.11. The molecule has 1 aliphatic rings. The number of aryl methyl sites for hydroxylation is 2. The fourth-order valence-electron chi connectivity index (χ4n) is 3.50. The first kappa shape index (κ1) is 20.5. The second-order valence-corrected chi connectivity index (χ2v) is 9.17. The molecule has 1 aliphatic carbocycles. The van der Waals surface area contributed by atoms with Crippen molar-refractivity contribution < 1.29 is 9.72 Å². The summed E-state index contributed by atoms with van der Waals surface area (Å²) in [5.74, 6) is 1.11. The first-order chi connectivity index (χ1) is 14.5. The van der Waals surface area contributed by atoms with Crippen LogP contribution in [0.5, 0.6) is 0 Å². The molecule has 0 saturated heterocycles. The van der Waals surface area contributed by atoms with E-state index in [0.717, 1.165) is 41.5 Å². The Morgan fingerprint density at radius 3 is 2.80 bits per heavy atom. The van der Waals surface area contributed by atoms with E-state index < -0.39 is 4.92 Å². The van der Waals surface area contributed by atoms with Crippen LogP contribution in [-0.4, -0.2) is 26.6 Å². The van der Waals surface area contributed by atoms with Crippen LogP contribution < -0.4 is 10.9 Å². The van der Waals surface area contributed by atoms with Gasteiger partial charge in [0.2, 0.25) is 5.91 Å². The van der Waals surface area contributed by atoms with Crippen LogP contribution in [0.15, 0.2) is 29.1 Å². The summed E-state index contributed by atoms with van der Waals surface area (Å²) in [4.78, 5) is 44.4. The molecule has 1 aromatic carbocycles. The largest absolute Gasteiger partial charge is 0.351 e. The number of hydrogen-bond acceptors (Lipinski definition) is 7. The minimum Gasteiger partial charge on any atom is -0.351 e. The van der Waals surface area contributed by atoms with E-state index in [1.165, 1.54) is 34.3 Å². The van der Waals surface area contributed by atoms with Crippen molar-refractivity contribution in [2.45, 2.75) is 38.0 Å². The Kier molecular flexibility index (Phi) is 6.14. The number of thiophene rings is 1. The zero-order valence-corrected chi connectivity index (χ0v) is 17.7. The highest BCUT2D eigenvalue weighted by atomic mass is 32.2. The molecule has 1 amide bonds. The SMILES string of the molecule is O=C(CSCc1nc2sc3c(c2c(=O)[nH]1)CCCC3)NCc1ccc([N+](=O)[O-])cc1. The predicted molar refractivity (Wildman–Crippen MR) is 118 cm³/mol. The number of nitrogens with zero attached hydrogens (tertiary/aromatic N) is 2. The Morgan fingerprint density at radius 1 is 1.27 bits per heavy atom. The van der Waals surface area contributed by atoms with Gasteiger partial charge < -0.3 is 10.3 Å². The standard InChI is InChI=1S/C20H20N4O4S2/c25-17(21-9-12-5-7-13(8-6-12)24(27)28)11-29-10-16-22-19(26)18-14-3-1-2-4-15(14)30-20(18)23-16/h5-8H,1-4,9-11H2,(H,21,25)(H,22,23,26). The maximum atomic E-state index is 12.5. The van der Waals surface area contributed by atoms with Crippen LogP contribution in [-0.2, 0) is 29.9 Å². The molecule has 0 saturated carbocycles. The number of nitro benzene ring substituents is 1. The number of nitro groups is 1. The molecule has 0 unspecified atom stereocenters. The summed E-state index contributed by atoms with van der Waals surface area (Å²) in [6, 6.07) is 6.07. The van der Waals surface area contributed by atoms with Gasteiger partial charge in [-0.3, -0.25) is 19.7 Å². The van der Waals surface area contributed by atoms with Crippen LogP contribution in [0.3, 0.4) is 0 Å². The summed E-state index contributed by atoms with van der Waals surface area (Å²) in [6.45, 7) is 0.305. The molecular weight excluding hydrogens is 424 g/mol. The number of carbonyl (C=O) groups is 1. The third kappa shape index (κ3) is 4.54. The molecule has 156 valence electrons. The summed E-state index contributed by atoms with van der Waals surface area (Å²) in [6.07, 6.45) is 4.25. The second-order valence-electron chi connectivity index (χ2n) is 7.10. The minimum atomic E-state index is -0.458. The summed E-state index contributed by atoms with van der Waals surface area (Å²) in [5, 5.41) is 14.2. The molecule has 0 bridgehead atoms. The van der Waals surface area contributed by atoms with Crippen LogP contribution in [0.1, 0.15) is 34.7 Å². The summed E-state index contributed by atoms with van der Waals surface area (Å²) in [7, 11) is 0. The first-order valence-corrected chi connectivity index (χ1v) is 11.6. The molecule has 0 atom stereocenters. The molecular formula is C20H20N4O4S2. The molecule has 2 heterocycles. The molecule has 8 nitrogen and oxygen atoms in total. The van der Waals surface area contributed by atoms with Gasteiger partial charge in [0.25, 0.3) is 11.2 Å². The van der Waals surface area contributed by atoms with Crippen molar-refractivity contribution in [2.75, 3.05) is 5.75 Å². The first-order valence-electron chi connectivity index (χ1n) is 9.62. The highest BCUT2D eigenvalue weighted by Crippen LogP contribution is 2.33. The van der Waals surface area contributed by atoms with Crippen molar-refractivity contribution in [3.8, 4) is 0 Å². The van der Waals surface area contributed by atoms with Crippen LogP contribution in [0.4, 0.5) is 5.69 Å². The normalized spacial score (nSPS) is 13.2. The van der Waals surface area contributed by atoms with E-state index >= 15 is 0 Å². The number of hydrogen-bond donors (Lipinski definition) is 2. The second kappa shape index (κ2) is 8.97. The number of benzene rings is 1. The van der Waals surface area contributed by atoms with Crippen LogP contribution in [0, 0.1) is 10.1 Å². The van der Waals surface area contributed by atoms with Gasteiger partial charge in [-0.2, -0.15) is 0 Å². The van der Waals surface area contributed by atoms with E-state index in [1.54, 1.807) is 23.5 Å². The van der Waals surface area contributed by atoms with Gasteiger partial charge in [0, 0.05) is 23.6 Å². The van der Waals surface area contributed by atoms with Crippen molar-refractivity contribution in [1.29, 1.82) is 0 Å². The fourth-order valence-corrected chi connectivity index (χ4v) is 5.50. The average molecular weight is 445 g/mol. The molecule has 0 fully saturated rings. The maximum absolute atomic E-state index is 12.5. The molecule has 0 spiro atoms. The van der Waals surface area contributed by atoms with Gasteiger partial charge in [-0.15, -0.1) is 23.1 Å².